The molecule has 1 aliphatic heterocycles. The minimum atomic E-state index is -1.14. The van der Waals surface area contributed by atoms with Crippen molar-refractivity contribution in [1.82, 2.24) is 4.90 Å². The van der Waals surface area contributed by atoms with Crippen LogP contribution in [0.3, 0.4) is 0 Å². The van der Waals surface area contributed by atoms with Gasteiger partial charge in [0.1, 0.15) is 11.2 Å². The van der Waals surface area contributed by atoms with Gasteiger partial charge in [0, 0.05) is 13.1 Å². The first-order valence-electron chi connectivity index (χ1n) is 7.79. The van der Waals surface area contributed by atoms with Crippen LogP contribution in [-0.4, -0.2) is 35.0 Å². The van der Waals surface area contributed by atoms with E-state index in [0.29, 0.717) is 38.3 Å². The van der Waals surface area contributed by atoms with Crippen molar-refractivity contribution in [1.29, 1.82) is 0 Å². The summed E-state index contributed by atoms with van der Waals surface area (Å²) in [6.45, 7) is 1.15. The zero-order chi connectivity index (χ0) is 15.7. The number of rotatable bonds is 4. The SMILES string of the molecule is O=C(O)C1(C(=O)N2CCC(Cc3ccccc3F)CC2)CC1. The molecule has 22 heavy (non-hydrogen) atoms. The van der Waals surface area contributed by atoms with Gasteiger partial charge in [-0.2, -0.15) is 0 Å². The van der Waals surface area contributed by atoms with Gasteiger partial charge in [-0.3, -0.25) is 9.59 Å². The Hall–Kier alpha value is -1.91. The Kier molecular flexibility index (Phi) is 3.89. The lowest BCUT2D eigenvalue weighted by molar-refractivity contribution is -0.154. The number of likely N-dealkylation sites (tertiary alicyclic amines) is 1. The molecule has 1 aromatic carbocycles. The van der Waals surface area contributed by atoms with Gasteiger partial charge in [0.15, 0.2) is 0 Å². The molecule has 3 rings (SSSR count). The number of halogens is 1. The van der Waals surface area contributed by atoms with Gasteiger partial charge in [-0.15, -0.1) is 0 Å². The van der Waals surface area contributed by atoms with Crippen molar-refractivity contribution in [3.8, 4) is 0 Å². The zero-order valence-electron chi connectivity index (χ0n) is 12.4. The Morgan fingerprint density at radius 1 is 1.23 bits per heavy atom. The molecule has 0 bridgehead atoms. The Morgan fingerprint density at radius 2 is 1.86 bits per heavy atom. The van der Waals surface area contributed by atoms with Crippen LogP contribution in [0.2, 0.25) is 0 Å². The van der Waals surface area contributed by atoms with Crippen LogP contribution in [0, 0.1) is 17.2 Å². The number of hydrogen-bond acceptors (Lipinski definition) is 2. The second-order valence-corrected chi connectivity index (χ2v) is 6.42. The van der Waals surface area contributed by atoms with Crippen LogP contribution in [-0.2, 0) is 16.0 Å². The number of carboxylic acid groups (broad SMARTS) is 1. The predicted molar refractivity (Wildman–Crippen MR) is 78.7 cm³/mol. The summed E-state index contributed by atoms with van der Waals surface area (Å²) in [4.78, 5) is 25.2. The van der Waals surface area contributed by atoms with Crippen LogP contribution in [0.15, 0.2) is 24.3 Å². The lowest BCUT2D eigenvalue weighted by Crippen LogP contribution is -2.45. The maximum Gasteiger partial charge on any atom is 0.319 e. The van der Waals surface area contributed by atoms with Crippen molar-refractivity contribution in [2.45, 2.75) is 32.1 Å². The third kappa shape index (κ3) is 2.72. The fourth-order valence-corrected chi connectivity index (χ4v) is 3.26. The molecule has 118 valence electrons. The molecule has 2 fully saturated rings. The number of carboxylic acids is 1. The Labute approximate surface area is 128 Å². The molecule has 4 nitrogen and oxygen atoms in total. The molecule has 0 spiro atoms. The molecule has 1 saturated carbocycles. The third-order valence-electron chi connectivity index (χ3n) is 4.94. The standard InChI is InChI=1S/C17H20FNO3/c18-14-4-2-1-3-13(14)11-12-5-9-19(10-6-12)15(20)17(7-8-17)16(21)22/h1-4,12H,5-11H2,(H,21,22). The van der Waals surface area contributed by atoms with E-state index >= 15 is 0 Å². The van der Waals surface area contributed by atoms with Crippen LogP contribution in [0.25, 0.3) is 0 Å². The minimum Gasteiger partial charge on any atom is -0.480 e. The first kappa shape index (κ1) is 15.0. The quantitative estimate of drug-likeness (QED) is 0.869. The van der Waals surface area contributed by atoms with E-state index in [0.717, 1.165) is 18.4 Å². The van der Waals surface area contributed by atoms with Gasteiger partial charge in [0.2, 0.25) is 5.91 Å². The summed E-state index contributed by atoms with van der Waals surface area (Å²) in [5.41, 5.74) is -0.422. The summed E-state index contributed by atoms with van der Waals surface area (Å²) in [5.74, 6) is -1.06. The molecule has 1 amide bonds. The average Bonchev–Trinajstić information content (AvgIpc) is 3.31. The zero-order valence-corrected chi connectivity index (χ0v) is 12.4. The number of hydrogen-bond donors (Lipinski definition) is 1. The van der Waals surface area contributed by atoms with Crippen molar-refractivity contribution in [2.75, 3.05) is 13.1 Å². The van der Waals surface area contributed by atoms with Gasteiger partial charge in [0.25, 0.3) is 0 Å². The van der Waals surface area contributed by atoms with E-state index in [2.05, 4.69) is 0 Å². The number of carbonyl (C=O) groups excluding carboxylic acids is 1. The van der Waals surface area contributed by atoms with Crippen LogP contribution >= 0.6 is 0 Å². The van der Waals surface area contributed by atoms with E-state index in [1.807, 2.05) is 6.07 Å². The molecular formula is C17H20FNO3. The van der Waals surface area contributed by atoms with E-state index in [1.54, 1.807) is 17.0 Å². The third-order valence-corrected chi connectivity index (χ3v) is 4.94. The molecule has 0 unspecified atom stereocenters. The van der Waals surface area contributed by atoms with Gasteiger partial charge in [-0.1, -0.05) is 18.2 Å². The Bertz CT molecular complexity index is 589. The largest absolute Gasteiger partial charge is 0.480 e. The smallest absolute Gasteiger partial charge is 0.319 e. The van der Waals surface area contributed by atoms with Crippen LogP contribution in [0.5, 0.6) is 0 Å². The molecule has 2 aliphatic rings. The number of aliphatic carboxylic acids is 1. The molecule has 1 N–H and O–H groups in total. The molecule has 1 heterocycles. The maximum atomic E-state index is 13.7. The molecule has 0 aromatic heterocycles. The maximum absolute atomic E-state index is 13.7. The van der Waals surface area contributed by atoms with Crippen LogP contribution in [0.1, 0.15) is 31.2 Å². The van der Waals surface area contributed by atoms with E-state index in [4.69, 9.17) is 0 Å². The highest BCUT2D eigenvalue weighted by atomic mass is 19.1. The topological polar surface area (TPSA) is 57.6 Å². The second-order valence-electron chi connectivity index (χ2n) is 6.42. The summed E-state index contributed by atoms with van der Waals surface area (Å²) in [5, 5.41) is 9.19. The number of carbonyl (C=O) groups is 2. The fraction of sp³-hybridized carbons (Fsp3) is 0.529. The van der Waals surface area contributed by atoms with Crippen LogP contribution in [0.4, 0.5) is 4.39 Å². The first-order valence-corrected chi connectivity index (χ1v) is 7.79. The van der Waals surface area contributed by atoms with Crippen molar-refractivity contribution in [3.05, 3.63) is 35.6 Å². The van der Waals surface area contributed by atoms with E-state index in [1.165, 1.54) is 6.07 Å². The van der Waals surface area contributed by atoms with E-state index in [-0.39, 0.29) is 11.7 Å². The Balaban J connectivity index is 1.56. The fourth-order valence-electron chi connectivity index (χ4n) is 3.26. The monoisotopic (exact) mass is 305 g/mol. The molecule has 5 heteroatoms. The number of piperidine rings is 1. The molecule has 0 atom stereocenters. The summed E-state index contributed by atoms with van der Waals surface area (Å²) in [6.07, 6.45) is 3.19. The molecule has 1 aromatic rings. The highest BCUT2D eigenvalue weighted by molar-refractivity contribution is 6.04. The van der Waals surface area contributed by atoms with Gasteiger partial charge >= 0.3 is 5.97 Å². The average molecular weight is 305 g/mol. The first-order chi connectivity index (χ1) is 10.5. The van der Waals surface area contributed by atoms with Crippen molar-refractivity contribution in [3.63, 3.8) is 0 Å². The highest BCUT2D eigenvalue weighted by Gasteiger charge is 2.58. The molecule has 0 radical (unpaired) electrons. The predicted octanol–water partition coefficient (Wildman–Crippen LogP) is 2.47. The summed E-state index contributed by atoms with van der Waals surface area (Å²) in [7, 11) is 0. The van der Waals surface area contributed by atoms with Crippen molar-refractivity contribution < 1.29 is 19.1 Å². The Morgan fingerprint density at radius 3 is 2.41 bits per heavy atom. The molecular weight excluding hydrogens is 285 g/mol. The van der Waals surface area contributed by atoms with Crippen molar-refractivity contribution >= 4 is 11.9 Å². The lowest BCUT2D eigenvalue weighted by atomic mass is 9.89. The van der Waals surface area contributed by atoms with E-state index < -0.39 is 11.4 Å². The number of nitrogens with zero attached hydrogens (tertiary/aromatic N) is 1. The van der Waals surface area contributed by atoms with Crippen LogP contribution < -0.4 is 0 Å². The van der Waals surface area contributed by atoms with Crippen molar-refractivity contribution in [2.24, 2.45) is 11.3 Å². The molecule has 1 saturated heterocycles. The van der Waals surface area contributed by atoms with Gasteiger partial charge in [0.05, 0.1) is 0 Å². The highest BCUT2D eigenvalue weighted by Crippen LogP contribution is 2.48. The van der Waals surface area contributed by atoms with Gasteiger partial charge in [-0.25, -0.2) is 4.39 Å². The normalized spacial score (nSPS) is 20.7. The number of amides is 1. The summed E-state index contributed by atoms with van der Waals surface area (Å²) < 4.78 is 13.7. The summed E-state index contributed by atoms with van der Waals surface area (Å²) in [6, 6.07) is 6.79. The molecule has 1 aliphatic carbocycles. The van der Waals surface area contributed by atoms with Gasteiger partial charge < -0.3 is 10.0 Å². The summed E-state index contributed by atoms with van der Waals surface area (Å²) >= 11 is 0. The lowest BCUT2D eigenvalue weighted by Gasteiger charge is -2.33. The minimum absolute atomic E-state index is 0.177. The van der Waals surface area contributed by atoms with E-state index in [9.17, 15) is 19.1 Å². The van der Waals surface area contributed by atoms with Gasteiger partial charge in [-0.05, 0) is 49.7 Å². The number of benzene rings is 1. The second kappa shape index (κ2) is 5.71.